The van der Waals surface area contributed by atoms with Crippen LogP contribution >= 0.6 is 11.6 Å². The van der Waals surface area contributed by atoms with Gasteiger partial charge in [0.2, 0.25) is 10.0 Å². The van der Waals surface area contributed by atoms with Crippen LogP contribution in [-0.2, 0) is 21.2 Å². The van der Waals surface area contributed by atoms with Gasteiger partial charge >= 0.3 is 5.97 Å². The summed E-state index contributed by atoms with van der Waals surface area (Å²) in [5, 5.41) is 0.847. The third kappa shape index (κ3) is 6.15. The maximum absolute atomic E-state index is 13.3. The van der Waals surface area contributed by atoms with E-state index in [0.717, 1.165) is 11.1 Å². The number of carbonyl (C=O) groups is 1. The van der Waals surface area contributed by atoms with Crippen LogP contribution in [-0.4, -0.2) is 20.4 Å². The number of sulfonamides is 1. The van der Waals surface area contributed by atoms with Crippen molar-refractivity contribution in [3.63, 3.8) is 0 Å². The molecule has 0 saturated carbocycles. The third-order valence-corrected chi connectivity index (χ3v) is 8.06. The lowest BCUT2D eigenvalue weighted by Gasteiger charge is -2.18. The monoisotopic (exact) mass is 573 g/mol. The van der Waals surface area contributed by atoms with E-state index in [1.807, 2.05) is 13.0 Å². The Hall–Kier alpha value is -4.24. The molecule has 5 rings (SSSR count). The van der Waals surface area contributed by atoms with Gasteiger partial charge in [-0.05, 0) is 60.9 Å². The van der Waals surface area contributed by atoms with E-state index >= 15 is 0 Å². The summed E-state index contributed by atoms with van der Waals surface area (Å²) in [7, 11) is -4.03. The van der Waals surface area contributed by atoms with E-state index in [0.29, 0.717) is 21.5 Å². The van der Waals surface area contributed by atoms with Crippen LogP contribution in [0.5, 0.6) is 5.75 Å². The molecule has 0 amide bonds. The molecule has 0 radical (unpaired) electrons. The molecule has 0 unspecified atom stereocenters. The van der Waals surface area contributed by atoms with E-state index in [1.165, 1.54) is 36.6 Å². The minimum absolute atomic E-state index is 0.0351. The summed E-state index contributed by atoms with van der Waals surface area (Å²) in [6.45, 7) is 1.85. The van der Waals surface area contributed by atoms with Gasteiger partial charge in [0.05, 0.1) is 15.8 Å². The Morgan fingerprint density at radius 1 is 0.950 bits per heavy atom. The lowest BCUT2D eigenvalue weighted by molar-refractivity contribution is -0.136. The molecular formula is C31H24ClNO6S. The van der Waals surface area contributed by atoms with Gasteiger partial charge < -0.3 is 9.15 Å². The summed E-state index contributed by atoms with van der Waals surface area (Å²) in [5.41, 5.74) is 2.63. The molecule has 1 heterocycles. The second-order valence-electron chi connectivity index (χ2n) is 9.24. The van der Waals surface area contributed by atoms with Gasteiger partial charge in [0.25, 0.3) is 0 Å². The number of hydrogen-bond acceptors (Lipinski definition) is 6. The van der Waals surface area contributed by atoms with Crippen molar-refractivity contribution in [3.05, 3.63) is 130 Å². The van der Waals surface area contributed by atoms with Gasteiger partial charge in [0.15, 0.2) is 5.43 Å². The molecule has 0 aliphatic heterocycles. The van der Waals surface area contributed by atoms with E-state index in [1.54, 1.807) is 60.7 Å². The fourth-order valence-electron chi connectivity index (χ4n) is 4.18. The summed E-state index contributed by atoms with van der Waals surface area (Å²) in [6.07, 6.45) is 1.41. The molecule has 0 aliphatic carbocycles. The zero-order chi connectivity index (χ0) is 28.3. The van der Waals surface area contributed by atoms with Gasteiger partial charge in [-0.2, -0.15) is 4.72 Å². The second-order valence-corrected chi connectivity index (χ2v) is 11.4. The largest absolute Gasteiger partial charge is 0.463 e. The Balaban J connectivity index is 1.42. The van der Waals surface area contributed by atoms with Crippen LogP contribution in [0.2, 0.25) is 5.02 Å². The van der Waals surface area contributed by atoms with Crippen molar-refractivity contribution in [2.24, 2.45) is 0 Å². The quantitative estimate of drug-likeness (QED) is 0.183. The Bertz CT molecular complexity index is 1830. The van der Waals surface area contributed by atoms with Crippen LogP contribution in [0.1, 0.15) is 11.1 Å². The smallest absolute Gasteiger partial charge is 0.329 e. The fraction of sp³-hybridized carbons (Fsp3) is 0.0968. The van der Waals surface area contributed by atoms with Gasteiger partial charge in [-0.3, -0.25) is 4.79 Å². The van der Waals surface area contributed by atoms with Crippen molar-refractivity contribution < 1.29 is 22.4 Å². The molecule has 202 valence electrons. The number of benzene rings is 4. The zero-order valence-electron chi connectivity index (χ0n) is 21.3. The van der Waals surface area contributed by atoms with Crippen molar-refractivity contribution in [1.29, 1.82) is 0 Å². The Labute approximate surface area is 236 Å². The topological polar surface area (TPSA) is 103 Å². The highest BCUT2D eigenvalue weighted by atomic mass is 35.5. The average Bonchev–Trinajstić information content (AvgIpc) is 2.94. The predicted octanol–water partition coefficient (Wildman–Crippen LogP) is 5.92. The van der Waals surface area contributed by atoms with Crippen molar-refractivity contribution in [2.75, 3.05) is 0 Å². The summed E-state index contributed by atoms with van der Waals surface area (Å²) in [5.74, 6) is -0.702. The normalized spacial score (nSPS) is 12.2. The van der Waals surface area contributed by atoms with Crippen molar-refractivity contribution >= 4 is 38.6 Å². The SMILES string of the molecule is Cc1ccc(S(=O)(=O)N[C@H](Cc2ccccc2)C(=O)Oc2ccc3c(=O)c(-c4ccc(Cl)cc4)coc3c2)cc1. The van der Waals surface area contributed by atoms with Crippen LogP contribution in [0.25, 0.3) is 22.1 Å². The summed E-state index contributed by atoms with van der Waals surface area (Å²) >= 11 is 5.95. The highest BCUT2D eigenvalue weighted by Crippen LogP contribution is 2.25. The van der Waals surface area contributed by atoms with Gasteiger partial charge in [-0.15, -0.1) is 0 Å². The minimum atomic E-state index is -4.03. The number of ether oxygens (including phenoxy) is 1. The first-order valence-corrected chi connectivity index (χ1v) is 14.2. The molecule has 5 aromatic rings. The molecule has 0 spiro atoms. The molecule has 1 atom stereocenters. The summed E-state index contributed by atoms with van der Waals surface area (Å²) in [6, 6.07) is 25.3. The maximum Gasteiger partial charge on any atom is 0.329 e. The van der Waals surface area contributed by atoms with Crippen LogP contribution in [0.3, 0.4) is 0 Å². The number of esters is 1. The molecule has 0 saturated heterocycles. The Morgan fingerprint density at radius 3 is 2.35 bits per heavy atom. The van der Waals surface area contributed by atoms with Crippen molar-refractivity contribution in [3.8, 4) is 16.9 Å². The van der Waals surface area contributed by atoms with Crippen LogP contribution in [0.15, 0.2) is 117 Å². The minimum Gasteiger partial charge on any atom is -0.463 e. The summed E-state index contributed by atoms with van der Waals surface area (Å²) < 4.78 is 40.0. The molecule has 0 aliphatic rings. The number of hydrogen-bond donors (Lipinski definition) is 1. The van der Waals surface area contributed by atoms with Crippen LogP contribution < -0.4 is 14.9 Å². The first-order valence-electron chi connectivity index (χ1n) is 12.4. The van der Waals surface area contributed by atoms with E-state index in [-0.39, 0.29) is 28.1 Å². The number of fused-ring (bicyclic) bond motifs is 1. The first-order chi connectivity index (χ1) is 19.2. The number of nitrogens with one attached hydrogen (secondary N) is 1. The average molecular weight is 574 g/mol. The molecule has 1 N–H and O–H groups in total. The van der Waals surface area contributed by atoms with Gasteiger partial charge in [0.1, 0.15) is 23.6 Å². The molecule has 40 heavy (non-hydrogen) atoms. The number of rotatable bonds is 8. The Morgan fingerprint density at radius 2 is 1.65 bits per heavy atom. The van der Waals surface area contributed by atoms with Crippen LogP contribution in [0.4, 0.5) is 0 Å². The number of halogens is 1. The van der Waals surface area contributed by atoms with E-state index < -0.39 is 22.0 Å². The van der Waals surface area contributed by atoms with E-state index in [2.05, 4.69) is 4.72 Å². The molecule has 9 heteroatoms. The highest BCUT2D eigenvalue weighted by Gasteiger charge is 2.28. The fourth-order valence-corrected chi connectivity index (χ4v) is 5.49. The standard InChI is InChI=1S/C31H24ClNO6S/c1-20-7-14-25(15-8-20)40(36,37)33-28(17-21-5-3-2-4-6-21)31(35)39-24-13-16-26-29(18-24)38-19-27(30(26)34)22-9-11-23(32)12-10-22/h2-16,18-19,28,33H,17H2,1H3/t28-/m1/s1. The lowest BCUT2D eigenvalue weighted by atomic mass is 10.1. The molecule has 0 bridgehead atoms. The van der Waals surface area contributed by atoms with Crippen molar-refractivity contribution in [1.82, 2.24) is 4.72 Å². The van der Waals surface area contributed by atoms with Crippen LogP contribution in [0, 0.1) is 6.92 Å². The lowest BCUT2D eigenvalue weighted by Crippen LogP contribution is -2.44. The van der Waals surface area contributed by atoms with Gasteiger partial charge in [0, 0.05) is 11.1 Å². The summed E-state index contributed by atoms with van der Waals surface area (Å²) in [4.78, 5) is 26.4. The van der Waals surface area contributed by atoms with Gasteiger partial charge in [-0.25, -0.2) is 13.2 Å². The maximum atomic E-state index is 13.3. The molecular weight excluding hydrogens is 550 g/mol. The highest BCUT2D eigenvalue weighted by molar-refractivity contribution is 7.89. The number of aryl methyl sites for hydroxylation is 1. The van der Waals surface area contributed by atoms with E-state index in [9.17, 15) is 18.0 Å². The number of carbonyl (C=O) groups excluding carboxylic acids is 1. The van der Waals surface area contributed by atoms with Gasteiger partial charge in [-0.1, -0.05) is 71.8 Å². The zero-order valence-corrected chi connectivity index (χ0v) is 22.9. The van der Waals surface area contributed by atoms with Crippen molar-refractivity contribution in [2.45, 2.75) is 24.3 Å². The molecule has 7 nitrogen and oxygen atoms in total. The second kappa shape index (κ2) is 11.5. The first kappa shape index (κ1) is 27.3. The molecule has 1 aromatic heterocycles. The predicted molar refractivity (Wildman–Crippen MR) is 154 cm³/mol. The Kier molecular flexibility index (Phi) is 7.84. The molecule has 0 fully saturated rings. The third-order valence-electron chi connectivity index (χ3n) is 6.32. The molecule has 4 aromatic carbocycles. The van der Waals surface area contributed by atoms with E-state index in [4.69, 9.17) is 20.8 Å².